The first-order valence-electron chi connectivity index (χ1n) is 9.96. The molecule has 0 bridgehead atoms. The number of carbonyl (C=O) groups is 2. The van der Waals surface area contributed by atoms with Crippen molar-refractivity contribution in [1.29, 1.82) is 0 Å². The number of aromatic amines is 1. The summed E-state index contributed by atoms with van der Waals surface area (Å²) < 4.78 is 0. The molecule has 2 atom stereocenters. The summed E-state index contributed by atoms with van der Waals surface area (Å²) in [5.41, 5.74) is 13.0. The third kappa shape index (κ3) is 7.46. The number of amides is 2. The summed E-state index contributed by atoms with van der Waals surface area (Å²) in [5.74, 6) is 9.56. The maximum Gasteiger partial charge on any atom is 0.269 e. The zero-order chi connectivity index (χ0) is 24.7. The van der Waals surface area contributed by atoms with Gasteiger partial charge >= 0.3 is 0 Å². The molecule has 0 aliphatic heterocycles. The number of aromatic nitrogens is 2. The van der Waals surface area contributed by atoms with Crippen molar-refractivity contribution in [3.8, 4) is 23.7 Å². The van der Waals surface area contributed by atoms with Crippen molar-refractivity contribution in [2.24, 2.45) is 0 Å². The highest BCUT2D eigenvalue weighted by molar-refractivity contribution is 7.59. The molecule has 3 rings (SSSR count). The number of rotatable bonds is 5. The molecule has 0 fully saturated rings. The molecule has 2 amide bonds. The number of benzene rings is 2. The topological polar surface area (TPSA) is 179 Å². The lowest BCUT2D eigenvalue weighted by molar-refractivity contribution is -0.138. The average Bonchev–Trinajstić information content (AvgIpc) is 3.28. The highest BCUT2D eigenvalue weighted by atomic mass is 32.1. The molecule has 1 aromatic heterocycles. The second-order valence-corrected chi connectivity index (χ2v) is 7.41. The molecule has 0 spiro atoms. The van der Waals surface area contributed by atoms with Crippen LogP contribution in [0.2, 0.25) is 0 Å². The molecule has 12 heteroatoms. The van der Waals surface area contributed by atoms with Gasteiger partial charge in [-0.25, -0.2) is 10.5 Å². The number of nitrogens with one attached hydrogen (secondary N) is 3. The lowest BCUT2D eigenvalue weighted by Crippen LogP contribution is -2.57. The maximum absolute atomic E-state index is 12.7. The first-order chi connectivity index (χ1) is 16.2. The largest absolute Gasteiger partial charge is 0.399 e. The predicted molar refractivity (Wildman–Crippen MR) is 146 cm³/mol. The highest BCUT2D eigenvalue weighted by Crippen LogP contribution is 2.24. The number of carbonyl (C=O) groups excluding carboxylic acids is 2. The van der Waals surface area contributed by atoms with Gasteiger partial charge in [-0.3, -0.25) is 14.8 Å². The molecular weight excluding hydrogens is 500 g/mol. The van der Waals surface area contributed by atoms with Crippen molar-refractivity contribution in [3.05, 3.63) is 77.1 Å². The number of imidazole rings is 1. The van der Waals surface area contributed by atoms with Crippen molar-refractivity contribution in [2.45, 2.75) is 18.6 Å². The predicted octanol–water partition coefficient (Wildman–Crippen LogP) is 0.714. The molecule has 0 saturated carbocycles. The highest BCUT2D eigenvalue weighted by Gasteiger charge is 2.41. The number of hydrogen-bond donors (Lipinski definition) is 7. The van der Waals surface area contributed by atoms with E-state index < -0.39 is 23.5 Å². The number of nitrogens with zero attached hydrogens (tertiary/aromatic N) is 1. The van der Waals surface area contributed by atoms with E-state index >= 15 is 0 Å². The maximum atomic E-state index is 12.7. The van der Waals surface area contributed by atoms with Crippen LogP contribution in [0, 0.1) is 23.7 Å². The van der Waals surface area contributed by atoms with Gasteiger partial charge < -0.3 is 26.9 Å². The van der Waals surface area contributed by atoms with Gasteiger partial charge in [-0.05, 0) is 67.3 Å². The van der Waals surface area contributed by atoms with Crippen LogP contribution in [0.5, 0.6) is 0 Å². The zero-order valence-corrected chi connectivity index (χ0v) is 21.1. The molecular formula is C24H26N6O4S2. The van der Waals surface area contributed by atoms with Gasteiger partial charge in [0, 0.05) is 22.4 Å². The Morgan fingerprint density at radius 1 is 1.00 bits per heavy atom. The molecule has 0 radical (unpaired) electrons. The van der Waals surface area contributed by atoms with Crippen LogP contribution in [0.4, 0.5) is 11.6 Å². The minimum absolute atomic E-state index is 0. The Morgan fingerprint density at radius 2 is 1.53 bits per heavy atom. The fraction of sp³-hybridized carbons (Fsp3) is 0.125. The van der Waals surface area contributed by atoms with Crippen molar-refractivity contribution < 1.29 is 19.9 Å². The Hall–Kier alpha value is -4.07. The molecule has 1 heterocycles. The number of H-pyrrole nitrogens is 1. The third-order valence-corrected chi connectivity index (χ3v) is 4.88. The molecule has 10 nitrogen and oxygen atoms in total. The smallest absolute Gasteiger partial charge is 0.269 e. The van der Waals surface area contributed by atoms with Crippen LogP contribution >= 0.6 is 27.0 Å². The van der Waals surface area contributed by atoms with Crippen molar-refractivity contribution in [2.75, 3.05) is 11.5 Å². The fourth-order valence-electron chi connectivity index (χ4n) is 2.97. The Balaban J connectivity index is 0.00000324. The molecule has 2 aromatic carbocycles. The van der Waals surface area contributed by atoms with Crippen molar-refractivity contribution >= 4 is 50.4 Å². The molecule has 188 valence electrons. The number of aliphatic hydroxyl groups is 1. The van der Waals surface area contributed by atoms with Crippen LogP contribution < -0.4 is 22.3 Å². The summed E-state index contributed by atoms with van der Waals surface area (Å²) in [6.45, 7) is 1.27. The second-order valence-electron chi connectivity index (χ2n) is 7.41. The van der Waals surface area contributed by atoms with Crippen LogP contribution in [0.25, 0.3) is 0 Å². The van der Waals surface area contributed by atoms with Crippen LogP contribution in [0.3, 0.4) is 0 Å². The Bertz CT molecular complexity index is 1320. The minimum atomic E-state index is -1.96. The van der Waals surface area contributed by atoms with E-state index in [1.807, 2.05) is 0 Å². The molecule has 3 aromatic rings. The molecule has 9 N–H and O–H groups in total. The fourth-order valence-corrected chi connectivity index (χ4v) is 2.97. The Morgan fingerprint density at radius 3 is 2.00 bits per heavy atom. The summed E-state index contributed by atoms with van der Waals surface area (Å²) in [6.07, 6.45) is 1.22. The van der Waals surface area contributed by atoms with Crippen LogP contribution in [-0.4, -0.2) is 38.1 Å². The summed E-state index contributed by atoms with van der Waals surface area (Å²) in [6, 6.07) is 11.8. The van der Waals surface area contributed by atoms with Crippen LogP contribution in [0.1, 0.15) is 34.1 Å². The first-order valence-corrected chi connectivity index (χ1v) is 9.96. The van der Waals surface area contributed by atoms with E-state index in [4.69, 9.17) is 16.7 Å². The lowest BCUT2D eigenvalue weighted by Gasteiger charge is -2.30. The van der Waals surface area contributed by atoms with Gasteiger partial charge in [0.25, 0.3) is 11.8 Å². The van der Waals surface area contributed by atoms with Gasteiger partial charge in [-0.15, -0.1) is 0 Å². The number of hydrogen-bond acceptors (Lipinski definition) is 7. The van der Waals surface area contributed by atoms with E-state index in [1.54, 1.807) is 36.4 Å². The summed E-state index contributed by atoms with van der Waals surface area (Å²) in [7, 11) is 0. The van der Waals surface area contributed by atoms with Gasteiger partial charge in [-0.1, -0.05) is 11.8 Å². The minimum Gasteiger partial charge on any atom is -0.399 e. The monoisotopic (exact) mass is 526 g/mol. The quantitative estimate of drug-likeness (QED) is 0.111. The van der Waals surface area contributed by atoms with Gasteiger partial charge in [0.1, 0.15) is 11.6 Å². The average molecular weight is 527 g/mol. The molecule has 0 saturated heterocycles. The standard InChI is InChI=1S/C24H22N6O4.2H2S/c1-24(33,19-14-27-23(26)28-19)20(22(32)30-34)29-21(31)17-10-6-15(7-11-17)4-2-3-5-16-8-12-18(25)13-9-16;;/h6-14,20,33-34H,25H2,1H3,(H,29,31)(H,30,32)(H3,26,27,28);2*1H2/t20-,24-;;/m1../s1. The van der Waals surface area contributed by atoms with Gasteiger partial charge in [0.2, 0.25) is 0 Å². The number of hydroxylamine groups is 1. The first kappa shape index (κ1) is 30.0. The summed E-state index contributed by atoms with van der Waals surface area (Å²) in [5, 5.41) is 22.4. The van der Waals surface area contributed by atoms with E-state index in [-0.39, 0.29) is 44.2 Å². The van der Waals surface area contributed by atoms with Crippen LogP contribution in [-0.2, 0) is 10.4 Å². The normalized spacial score (nSPS) is 12.0. The van der Waals surface area contributed by atoms with E-state index in [0.717, 1.165) is 5.56 Å². The molecule has 0 unspecified atom stereocenters. The molecule has 36 heavy (non-hydrogen) atoms. The summed E-state index contributed by atoms with van der Waals surface area (Å²) >= 11 is 0. The second kappa shape index (κ2) is 13.1. The molecule has 0 aliphatic rings. The van der Waals surface area contributed by atoms with Gasteiger partial charge in [0.15, 0.2) is 5.95 Å². The third-order valence-electron chi connectivity index (χ3n) is 4.88. The van der Waals surface area contributed by atoms with E-state index in [9.17, 15) is 14.7 Å². The number of nitrogen functional groups attached to an aromatic ring is 2. The van der Waals surface area contributed by atoms with E-state index in [0.29, 0.717) is 11.3 Å². The molecule has 0 aliphatic carbocycles. The number of anilines is 2. The van der Waals surface area contributed by atoms with Crippen molar-refractivity contribution in [3.63, 3.8) is 0 Å². The lowest BCUT2D eigenvalue weighted by atomic mass is 9.92. The summed E-state index contributed by atoms with van der Waals surface area (Å²) in [4.78, 5) is 31.3. The van der Waals surface area contributed by atoms with Gasteiger partial charge in [-0.2, -0.15) is 27.0 Å². The van der Waals surface area contributed by atoms with Crippen molar-refractivity contribution in [1.82, 2.24) is 20.8 Å². The Labute approximate surface area is 221 Å². The zero-order valence-electron chi connectivity index (χ0n) is 19.1. The number of nitrogens with two attached hydrogens (primary N) is 2. The van der Waals surface area contributed by atoms with E-state index in [2.05, 4.69) is 39.0 Å². The Kier molecular flexibility index (Phi) is 10.9. The SMILES string of the molecule is C[C@@](O)(c1cnc(N)[nH]1)[C@H](NC(=O)c1ccc(C#CC#Cc2ccc(N)cc2)cc1)C(=O)NO.S.S. The van der Waals surface area contributed by atoms with E-state index in [1.165, 1.54) is 30.7 Å². The van der Waals surface area contributed by atoms with Crippen LogP contribution in [0.15, 0.2) is 54.7 Å². The van der Waals surface area contributed by atoms with Gasteiger partial charge in [0.05, 0.1) is 11.9 Å².